The van der Waals surface area contributed by atoms with Gasteiger partial charge in [-0.25, -0.2) is 21.6 Å². The number of nitrogens with zero attached hydrogens (tertiary/aromatic N) is 1. The van der Waals surface area contributed by atoms with Crippen molar-refractivity contribution < 1.29 is 31.2 Å². The molecule has 0 atom stereocenters. The molecule has 1 heterocycles. The van der Waals surface area contributed by atoms with E-state index in [-0.39, 0.29) is 18.4 Å². The van der Waals surface area contributed by atoms with Crippen molar-refractivity contribution in [2.45, 2.75) is 32.2 Å². The summed E-state index contributed by atoms with van der Waals surface area (Å²) in [6.45, 7) is 2.98. The summed E-state index contributed by atoms with van der Waals surface area (Å²) >= 11 is 0. The molecule has 0 aliphatic carbocycles. The lowest BCUT2D eigenvalue weighted by Gasteiger charge is -2.32. The van der Waals surface area contributed by atoms with E-state index in [1.54, 1.807) is 30.0 Å². The maximum Gasteiger partial charge on any atom is 0.322 e. The molecule has 0 unspecified atom stereocenters. The summed E-state index contributed by atoms with van der Waals surface area (Å²) in [5, 5.41) is 0. The number of amides is 1. The third-order valence-electron chi connectivity index (χ3n) is 6.04. The summed E-state index contributed by atoms with van der Waals surface area (Å²) in [7, 11) is -6.09. The second-order valence-electron chi connectivity index (χ2n) is 8.87. The van der Waals surface area contributed by atoms with Gasteiger partial charge in [-0.2, -0.15) is 0 Å². The number of carbonyl (C=O) groups excluding carboxylic acids is 2. The molecule has 1 fully saturated rings. The second-order valence-corrected chi connectivity index (χ2v) is 12.4. The highest BCUT2D eigenvalue weighted by atomic mass is 32.2. The molecule has 1 amide bonds. The Morgan fingerprint density at radius 2 is 1.67 bits per heavy atom. The number of carbonyl (C=O) groups is 2. The van der Waals surface area contributed by atoms with Gasteiger partial charge in [-0.1, -0.05) is 30.3 Å². The van der Waals surface area contributed by atoms with E-state index in [9.17, 15) is 26.4 Å². The minimum atomic E-state index is -3.77. The number of nitrogens with one attached hydrogen (secondary N) is 2. The Morgan fingerprint density at radius 3 is 2.25 bits per heavy atom. The molecule has 10 nitrogen and oxygen atoms in total. The molecule has 2 aromatic rings. The van der Waals surface area contributed by atoms with Crippen LogP contribution in [0.25, 0.3) is 0 Å². The van der Waals surface area contributed by atoms with E-state index >= 15 is 0 Å². The van der Waals surface area contributed by atoms with Gasteiger partial charge in [0.15, 0.2) is 5.75 Å². The molecule has 0 radical (unpaired) electrons. The number of anilines is 1. The Balaban J connectivity index is 1.56. The van der Waals surface area contributed by atoms with Crippen molar-refractivity contribution >= 4 is 37.6 Å². The lowest BCUT2D eigenvalue weighted by molar-refractivity contribution is -0.137. The van der Waals surface area contributed by atoms with E-state index in [1.165, 1.54) is 0 Å². The Labute approximate surface area is 212 Å². The molecule has 0 bridgehead atoms. The average molecular weight is 538 g/mol. The van der Waals surface area contributed by atoms with E-state index in [2.05, 4.69) is 14.2 Å². The van der Waals surface area contributed by atoms with Crippen LogP contribution >= 0.6 is 0 Å². The van der Waals surface area contributed by atoms with Gasteiger partial charge in [0, 0.05) is 25.2 Å². The van der Waals surface area contributed by atoms with Crippen molar-refractivity contribution in [1.29, 1.82) is 0 Å². The highest BCUT2D eigenvalue weighted by Gasteiger charge is 2.25. The Hall–Kier alpha value is -2.96. The van der Waals surface area contributed by atoms with Gasteiger partial charge >= 0.3 is 5.97 Å². The van der Waals surface area contributed by atoms with Crippen LogP contribution in [0.3, 0.4) is 0 Å². The standard InChI is InChI=1S/C24H31N3O7S2/c1-17-4-7-21(14-22(17)26-35(3,30)31)24(29)27-12-10-20(11-13-27)19-8-5-18(6-9-19)15-25-36(32,33)16-23(28)34-2/h4-9,14,20,25-26H,10-13,15-16H2,1-3H3. The Morgan fingerprint density at radius 1 is 1.03 bits per heavy atom. The number of sulfonamides is 2. The summed E-state index contributed by atoms with van der Waals surface area (Å²) in [5.41, 5.74) is 3.43. The number of hydrogen-bond donors (Lipinski definition) is 2. The molecule has 12 heteroatoms. The first-order chi connectivity index (χ1) is 16.9. The van der Waals surface area contributed by atoms with Crippen LogP contribution < -0.4 is 9.44 Å². The highest BCUT2D eigenvalue weighted by Crippen LogP contribution is 2.29. The molecule has 3 rings (SSSR count). The first kappa shape index (κ1) is 27.6. The van der Waals surface area contributed by atoms with E-state index in [0.717, 1.165) is 42.9 Å². The quantitative estimate of drug-likeness (QED) is 0.466. The van der Waals surface area contributed by atoms with Crippen LogP contribution in [0.1, 0.15) is 45.8 Å². The molecule has 2 N–H and O–H groups in total. The highest BCUT2D eigenvalue weighted by molar-refractivity contribution is 7.92. The number of rotatable bonds is 9. The smallest absolute Gasteiger partial charge is 0.322 e. The molecule has 0 spiro atoms. The van der Waals surface area contributed by atoms with Gasteiger partial charge in [-0.15, -0.1) is 0 Å². The third kappa shape index (κ3) is 7.77. The molecular weight excluding hydrogens is 506 g/mol. The molecule has 1 aliphatic rings. The van der Waals surface area contributed by atoms with Gasteiger partial charge in [-0.3, -0.25) is 14.3 Å². The molecule has 1 aliphatic heterocycles. The zero-order chi connectivity index (χ0) is 26.5. The molecule has 0 saturated carbocycles. The summed E-state index contributed by atoms with van der Waals surface area (Å²) in [4.78, 5) is 26.0. The molecule has 36 heavy (non-hydrogen) atoms. The van der Waals surface area contributed by atoms with Crippen LogP contribution in [0.4, 0.5) is 5.69 Å². The van der Waals surface area contributed by atoms with E-state index < -0.39 is 31.8 Å². The minimum Gasteiger partial charge on any atom is -0.468 e. The van der Waals surface area contributed by atoms with Crippen LogP contribution in [0, 0.1) is 6.92 Å². The maximum absolute atomic E-state index is 13.0. The second kappa shape index (κ2) is 11.4. The predicted molar refractivity (Wildman–Crippen MR) is 137 cm³/mol. The lowest BCUT2D eigenvalue weighted by Crippen LogP contribution is -2.38. The number of aryl methyl sites for hydroxylation is 1. The van der Waals surface area contributed by atoms with Crippen LogP contribution in [0.5, 0.6) is 0 Å². The summed E-state index contributed by atoms with van der Waals surface area (Å²) in [6, 6.07) is 12.6. The minimum absolute atomic E-state index is 0.0687. The van der Waals surface area contributed by atoms with Gasteiger partial charge in [0.05, 0.1) is 19.1 Å². The number of methoxy groups -OCH3 is 1. The van der Waals surface area contributed by atoms with Crippen LogP contribution in [-0.2, 0) is 36.1 Å². The topological polar surface area (TPSA) is 139 Å². The predicted octanol–water partition coefficient (Wildman–Crippen LogP) is 1.98. The van der Waals surface area contributed by atoms with Crippen LogP contribution in [0.2, 0.25) is 0 Å². The Bertz CT molecular complexity index is 1320. The van der Waals surface area contributed by atoms with Crippen molar-refractivity contribution in [3.63, 3.8) is 0 Å². The molecule has 1 saturated heterocycles. The van der Waals surface area contributed by atoms with Gasteiger partial charge in [-0.05, 0) is 54.5 Å². The number of ether oxygens (including phenoxy) is 1. The maximum atomic E-state index is 13.0. The number of benzene rings is 2. The fourth-order valence-corrected chi connectivity index (χ4v) is 5.57. The molecule has 196 valence electrons. The molecular formula is C24H31N3O7S2. The average Bonchev–Trinajstić information content (AvgIpc) is 2.83. The van der Waals surface area contributed by atoms with E-state index in [0.29, 0.717) is 24.3 Å². The number of piperidine rings is 1. The zero-order valence-corrected chi connectivity index (χ0v) is 22.1. The van der Waals surface area contributed by atoms with Crippen molar-refractivity contribution in [2.24, 2.45) is 0 Å². The summed E-state index contributed by atoms with van der Waals surface area (Å²) in [5.74, 6) is -1.42. The van der Waals surface area contributed by atoms with Crippen LogP contribution in [-0.4, -0.2) is 65.8 Å². The zero-order valence-electron chi connectivity index (χ0n) is 20.5. The van der Waals surface area contributed by atoms with Crippen molar-refractivity contribution in [3.8, 4) is 0 Å². The summed E-state index contributed by atoms with van der Waals surface area (Å²) in [6.07, 6.45) is 2.62. The fourth-order valence-electron chi connectivity index (χ4n) is 4.03. The SMILES string of the molecule is COC(=O)CS(=O)(=O)NCc1ccc(C2CCN(C(=O)c3ccc(C)c(NS(C)(=O)=O)c3)CC2)cc1. The van der Waals surface area contributed by atoms with Crippen molar-refractivity contribution in [1.82, 2.24) is 9.62 Å². The van der Waals surface area contributed by atoms with Crippen molar-refractivity contribution in [3.05, 3.63) is 64.7 Å². The normalized spacial score (nSPS) is 14.9. The first-order valence-corrected chi connectivity index (χ1v) is 14.9. The van der Waals surface area contributed by atoms with Gasteiger partial charge < -0.3 is 9.64 Å². The van der Waals surface area contributed by atoms with E-state index in [1.807, 2.05) is 24.3 Å². The molecule has 0 aromatic heterocycles. The Kier molecular flexibility index (Phi) is 8.75. The largest absolute Gasteiger partial charge is 0.468 e. The lowest BCUT2D eigenvalue weighted by atomic mass is 9.88. The molecule has 2 aromatic carbocycles. The monoisotopic (exact) mass is 537 g/mol. The van der Waals surface area contributed by atoms with Gasteiger partial charge in [0.2, 0.25) is 20.0 Å². The number of likely N-dealkylation sites (tertiary alicyclic amines) is 1. The van der Waals surface area contributed by atoms with Gasteiger partial charge in [0.1, 0.15) is 0 Å². The van der Waals surface area contributed by atoms with Gasteiger partial charge in [0.25, 0.3) is 5.91 Å². The number of esters is 1. The number of hydrogen-bond acceptors (Lipinski definition) is 7. The third-order valence-corrected chi connectivity index (χ3v) is 7.84. The summed E-state index contributed by atoms with van der Waals surface area (Å²) < 4.78 is 56.2. The van der Waals surface area contributed by atoms with Crippen molar-refractivity contribution in [2.75, 3.05) is 36.9 Å². The van der Waals surface area contributed by atoms with Crippen LogP contribution in [0.15, 0.2) is 42.5 Å². The fraction of sp³-hybridized carbons (Fsp3) is 0.417. The van der Waals surface area contributed by atoms with E-state index in [4.69, 9.17) is 0 Å². The first-order valence-electron chi connectivity index (χ1n) is 11.4.